The van der Waals surface area contributed by atoms with Crippen LogP contribution in [0.1, 0.15) is 0 Å². The molecule has 0 aromatic heterocycles. The number of halogens is 4. The SMILES string of the molecule is FC(F)(F)OCCOc1cccc(Cl)c1. The third kappa shape index (κ3) is 5.49. The van der Waals surface area contributed by atoms with Gasteiger partial charge < -0.3 is 4.74 Å². The van der Waals surface area contributed by atoms with Crippen molar-refractivity contribution in [2.24, 2.45) is 0 Å². The fourth-order valence-electron chi connectivity index (χ4n) is 0.874. The Bertz CT molecular complexity index is 314. The Balaban J connectivity index is 2.26. The van der Waals surface area contributed by atoms with Crippen LogP contribution in [-0.2, 0) is 4.74 Å². The Labute approximate surface area is 89.6 Å². The van der Waals surface area contributed by atoms with E-state index in [1.165, 1.54) is 6.07 Å². The molecular weight excluding hydrogens is 233 g/mol. The summed E-state index contributed by atoms with van der Waals surface area (Å²) in [5, 5.41) is 0.462. The Hall–Kier alpha value is -0.940. The molecule has 0 fully saturated rings. The molecule has 0 aliphatic rings. The van der Waals surface area contributed by atoms with Crippen LogP contribution in [0.2, 0.25) is 5.02 Å². The molecule has 0 unspecified atom stereocenters. The highest BCUT2D eigenvalue weighted by Crippen LogP contribution is 2.18. The Morgan fingerprint density at radius 1 is 1.20 bits per heavy atom. The maximum Gasteiger partial charge on any atom is 0.522 e. The number of hydrogen-bond donors (Lipinski definition) is 0. The molecule has 0 atom stereocenters. The molecule has 1 aromatic rings. The molecule has 0 bridgehead atoms. The van der Waals surface area contributed by atoms with Crippen LogP contribution in [0.15, 0.2) is 24.3 Å². The van der Waals surface area contributed by atoms with Gasteiger partial charge in [-0.3, -0.25) is 4.74 Å². The van der Waals surface area contributed by atoms with E-state index >= 15 is 0 Å². The summed E-state index contributed by atoms with van der Waals surface area (Å²) >= 11 is 5.64. The summed E-state index contributed by atoms with van der Waals surface area (Å²) in [5.41, 5.74) is 0. The summed E-state index contributed by atoms with van der Waals surface area (Å²) in [4.78, 5) is 0. The highest BCUT2D eigenvalue weighted by Gasteiger charge is 2.28. The molecule has 0 N–H and O–H groups in total. The van der Waals surface area contributed by atoms with Gasteiger partial charge in [0.05, 0.1) is 6.61 Å². The first-order valence-electron chi connectivity index (χ1n) is 4.06. The maximum atomic E-state index is 11.5. The third-order valence-electron chi connectivity index (χ3n) is 1.41. The number of benzene rings is 1. The van der Waals surface area contributed by atoms with E-state index in [1.807, 2.05) is 0 Å². The lowest BCUT2D eigenvalue weighted by molar-refractivity contribution is -0.325. The standard InChI is InChI=1S/C9H8ClF3O2/c10-7-2-1-3-8(6-7)14-4-5-15-9(11,12)13/h1-3,6H,4-5H2. The van der Waals surface area contributed by atoms with Crippen molar-refractivity contribution < 1.29 is 22.6 Å². The molecule has 0 saturated heterocycles. The Morgan fingerprint density at radius 3 is 2.53 bits per heavy atom. The van der Waals surface area contributed by atoms with Crippen molar-refractivity contribution in [3.05, 3.63) is 29.3 Å². The molecule has 0 saturated carbocycles. The molecule has 84 valence electrons. The minimum atomic E-state index is -4.61. The zero-order chi connectivity index (χ0) is 11.3. The topological polar surface area (TPSA) is 18.5 Å². The second-order valence-electron chi connectivity index (χ2n) is 2.60. The lowest BCUT2D eigenvalue weighted by atomic mass is 10.3. The van der Waals surface area contributed by atoms with Crippen molar-refractivity contribution in [2.45, 2.75) is 6.36 Å². The van der Waals surface area contributed by atoms with Gasteiger partial charge in [-0.25, -0.2) is 0 Å². The predicted molar refractivity (Wildman–Crippen MR) is 49.0 cm³/mol. The van der Waals surface area contributed by atoms with Crippen LogP contribution in [0.5, 0.6) is 5.75 Å². The molecule has 0 heterocycles. The average molecular weight is 241 g/mol. The van der Waals surface area contributed by atoms with E-state index in [1.54, 1.807) is 18.2 Å². The first-order chi connectivity index (χ1) is 6.97. The van der Waals surface area contributed by atoms with E-state index in [4.69, 9.17) is 16.3 Å². The van der Waals surface area contributed by atoms with Crippen LogP contribution in [0.4, 0.5) is 13.2 Å². The second-order valence-corrected chi connectivity index (χ2v) is 3.04. The van der Waals surface area contributed by atoms with E-state index in [-0.39, 0.29) is 6.61 Å². The van der Waals surface area contributed by atoms with Crippen LogP contribution < -0.4 is 4.74 Å². The molecule has 1 rings (SSSR count). The largest absolute Gasteiger partial charge is 0.522 e. The van der Waals surface area contributed by atoms with Crippen molar-refractivity contribution in [3.63, 3.8) is 0 Å². The first-order valence-corrected chi connectivity index (χ1v) is 4.44. The van der Waals surface area contributed by atoms with Gasteiger partial charge in [-0.15, -0.1) is 13.2 Å². The summed E-state index contributed by atoms with van der Waals surface area (Å²) in [5.74, 6) is 0.410. The summed E-state index contributed by atoms with van der Waals surface area (Å²) in [6.45, 7) is -0.726. The summed E-state index contributed by atoms with van der Waals surface area (Å²) in [6.07, 6.45) is -4.61. The lowest BCUT2D eigenvalue weighted by Gasteiger charge is -2.08. The van der Waals surface area contributed by atoms with Crippen LogP contribution in [-0.4, -0.2) is 19.6 Å². The molecule has 0 spiro atoms. The Morgan fingerprint density at radius 2 is 1.93 bits per heavy atom. The van der Waals surface area contributed by atoms with Gasteiger partial charge in [0.1, 0.15) is 12.4 Å². The van der Waals surface area contributed by atoms with E-state index in [0.717, 1.165) is 0 Å². The van der Waals surface area contributed by atoms with Gasteiger partial charge in [-0.05, 0) is 18.2 Å². The lowest BCUT2D eigenvalue weighted by Crippen LogP contribution is -2.18. The molecule has 0 radical (unpaired) electrons. The number of rotatable bonds is 4. The highest BCUT2D eigenvalue weighted by atomic mass is 35.5. The summed E-state index contributed by atoms with van der Waals surface area (Å²) < 4.78 is 43.1. The zero-order valence-corrected chi connectivity index (χ0v) is 8.31. The molecular formula is C9H8ClF3O2. The average Bonchev–Trinajstić information content (AvgIpc) is 2.11. The molecule has 2 nitrogen and oxygen atoms in total. The van der Waals surface area contributed by atoms with Gasteiger partial charge in [-0.1, -0.05) is 17.7 Å². The van der Waals surface area contributed by atoms with Crippen LogP contribution in [0.25, 0.3) is 0 Å². The quantitative estimate of drug-likeness (QED) is 0.752. The molecule has 0 amide bonds. The van der Waals surface area contributed by atoms with E-state index in [9.17, 15) is 13.2 Å². The summed E-state index contributed by atoms with van der Waals surface area (Å²) in [7, 11) is 0. The number of ether oxygens (including phenoxy) is 2. The van der Waals surface area contributed by atoms with Crippen molar-refractivity contribution >= 4 is 11.6 Å². The normalized spacial score (nSPS) is 11.5. The smallest absolute Gasteiger partial charge is 0.491 e. The van der Waals surface area contributed by atoms with Crippen molar-refractivity contribution in [1.29, 1.82) is 0 Å². The minimum absolute atomic E-state index is 0.181. The molecule has 6 heteroatoms. The fraction of sp³-hybridized carbons (Fsp3) is 0.333. The fourth-order valence-corrected chi connectivity index (χ4v) is 1.05. The van der Waals surface area contributed by atoms with E-state index in [0.29, 0.717) is 10.8 Å². The van der Waals surface area contributed by atoms with E-state index < -0.39 is 13.0 Å². The van der Waals surface area contributed by atoms with Crippen molar-refractivity contribution in [3.8, 4) is 5.75 Å². The maximum absolute atomic E-state index is 11.5. The van der Waals surface area contributed by atoms with Gasteiger partial charge in [0.25, 0.3) is 0 Å². The van der Waals surface area contributed by atoms with Gasteiger partial charge in [0, 0.05) is 5.02 Å². The van der Waals surface area contributed by atoms with Gasteiger partial charge in [0.15, 0.2) is 0 Å². The van der Waals surface area contributed by atoms with E-state index in [2.05, 4.69) is 4.74 Å². The monoisotopic (exact) mass is 240 g/mol. The molecule has 0 aliphatic heterocycles. The third-order valence-corrected chi connectivity index (χ3v) is 1.65. The first kappa shape index (κ1) is 12.1. The predicted octanol–water partition coefficient (Wildman–Crippen LogP) is 3.26. The van der Waals surface area contributed by atoms with Crippen molar-refractivity contribution in [1.82, 2.24) is 0 Å². The van der Waals surface area contributed by atoms with Gasteiger partial charge >= 0.3 is 6.36 Å². The van der Waals surface area contributed by atoms with Gasteiger partial charge in [0.2, 0.25) is 0 Å². The Kier molecular flexibility index (Phi) is 4.23. The van der Waals surface area contributed by atoms with Crippen LogP contribution >= 0.6 is 11.6 Å². The van der Waals surface area contributed by atoms with Crippen LogP contribution in [0.3, 0.4) is 0 Å². The second kappa shape index (κ2) is 5.23. The van der Waals surface area contributed by atoms with Gasteiger partial charge in [-0.2, -0.15) is 0 Å². The minimum Gasteiger partial charge on any atom is -0.491 e. The number of hydrogen-bond acceptors (Lipinski definition) is 2. The molecule has 15 heavy (non-hydrogen) atoms. The van der Waals surface area contributed by atoms with Crippen LogP contribution in [0, 0.1) is 0 Å². The highest BCUT2D eigenvalue weighted by molar-refractivity contribution is 6.30. The zero-order valence-electron chi connectivity index (χ0n) is 7.55. The molecule has 1 aromatic carbocycles. The number of alkyl halides is 3. The molecule has 0 aliphatic carbocycles. The van der Waals surface area contributed by atoms with Crippen molar-refractivity contribution in [2.75, 3.05) is 13.2 Å². The summed E-state index contributed by atoms with van der Waals surface area (Å²) in [6, 6.07) is 6.39.